The average molecular weight is 404 g/mol. The molecule has 10 heteroatoms. The Labute approximate surface area is 162 Å². The molecule has 0 amide bonds. The van der Waals surface area contributed by atoms with Crippen molar-refractivity contribution in [2.45, 2.75) is 30.9 Å². The summed E-state index contributed by atoms with van der Waals surface area (Å²) < 4.78 is 12.5. The van der Waals surface area contributed by atoms with Crippen molar-refractivity contribution in [3.05, 3.63) is 63.3 Å². The lowest BCUT2D eigenvalue weighted by Crippen LogP contribution is -2.00. The largest absolute Gasteiger partial charge is 0.423 e. The third-order valence-corrected chi connectivity index (χ3v) is 5.16. The molecular weight excluding hydrogens is 390 g/mol. The van der Waals surface area contributed by atoms with Crippen LogP contribution in [0.2, 0.25) is 5.02 Å². The van der Waals surface area contributed by atoms with E-state index in [1.807, 2.05) is 19.1 Å². The maximum atomic E-state index is 11.9. The number of hydrogen-bond acceptors (Lipinski definition) is 8. The van der Waals surface area contributed by atoms with Crippen LogP contribution in [0.3, 0.4) is 0 Å². The van der Waals surface area contributed by atoms with E-state index in [0.29, 0.717) is 34.0 Å². The van der Waals surface area contributed by atoms with E-state index in [4.69, 9.17) is 20.4 Å². The molecule has 0 bridgehead atoms. The maximum absolute atomic E-state index is 11.9. The molecule has 27 heavy (non-hydrogen) atoms. The van der Waals surface area contributed by atoms with Gasteiger partial charge in [0.2, 0.25) is 5.89 Å². The Morgan fingerprint density at radius 3 is 2.85 bits per heavy atom. The standard InChI is InChI=1S/C17H14ClN5O3S/c1-2-10-3-14-12(5-13(10)18)11(4-16(24)25-14)7-27-17-22-21-15(26-17)6-23-9-19-8-20-23/h3-5,8-9H,2,6-7H2,1H3. The van der Waals surface area contributed by atoms with Crippen molar-refractivity contribution in [1.82, 2.24) is 25.0 Å². The van der Waals surface area contributed by atoms with Gasteiger partial charge in [0.1, 0.15) is 24.8 Å². The lowest BCUT2D eigenvalue weighted by molar-refractivity contribution is 0.397. The molecule has 138 valence electrons. The van der Waals surface area contributed by atoms with Gasteiger partial charge in [-0.15, -0.1) is 10.2 Å². The molecule has 0 atom stereocenters. The summed E-state index contributed by atoms with van der Waals surface area (Å²) in [6.45, 7) is 2.35. The zero-order valence-corrected chi connectivity index (χ0v) is 15.8. The highest BCUT2D eigenvalue weighted by Crippen LogP contribution is 2.29. The number of aromatic nitrogens is 5. The Balaban J connectivity index is 1.56. The van der Waals surface area contributed by atoms with Crippen LogP contribution >= 0.6 is 23.4 Å². The van der Waals surface area contributed by atoms with E-state index in [9.17, 15) is 4.79 Å². The summed E-state index contributed by atoms with van der Waals surface area (Å²) in [5.41, 5.74) is 1.86. The molecule has 0 aliphatic rings. The lowest BCUT2D eigenvalue weighted by Gasteiger charge is -2.07. The lowest BCUT2D eigenvalue weighted by atomic mass is 10.1. The van der Waals surface area contributed by atoms with Crippen molar-refractivity contribution in [2.24, 2.45) is 0 Å². The van der Waals surface area contributed by atoms with Gasteiger partial charge in [0.05, 0.1) is 0 Å². The first-order valence-electron chi connectivity index (χ1n) is 8.15. The van der Waals surface area contributed by atoms with E-state index < -0.39 is 5.63 Å². The van der Waals surface area contributed by atoms with Gasteiger partial charge in [-0.2, -0.15) is 5.10 Å². The summed E-state index contributed by atoms with van der Waals surface area (Å²) in [6.07, 6.45) is 3.77. The molecule has 0 aliphatic heterocycles. The highest BCUT2D eigenvalue weighted by Gasteiger charge is 2.13. The zero-order valence-electron chi connectivity index (χ0n) is 14.3. The number of halogens is 1. The summed E-state index contributed by atoms with van der Waals surface area (Å²) in [6, 6.07) is 5.11. The molecule has 0 fully saturated rings. The van der Waals surface area contributed by atoms with Gasteiger partial charge in [-0.3, -0.25) is 0 Å². The molecule has 0 saturated carbocycles. The summed E-state index contributed by atoms with van der Waals surface area (Å²) in [4.78, 5) is 15.8. The minimum absolute atomic E-state index is 0.348. The zero-order chi connectivity index (χ0) is 18.8. The van der Waals surface area contributed by atoms with Crippen LogP contribution in [0.25, 0.3) is 11.0 Å². The van der Waals surface area contributed by atoms with Gasteiger partial charge in [-0.05, 0) is 29.7 Å². The summed E-state index contributed by atoms with van der Waals surface area (Å²) in [5.74, 6) is 0.894. The first kappa shape index (κ1) is 17.7. The molecule has 0 saturated heterocycles. The number of fused-ring (bicyclic) bond motifs is 1. The van der Waals surface area contributed by atoms with Crippen molar-refractivity contribution in [2.75, 3.05) is 0 Å². The van der Waals surface area contributed by atoms with Gasteiger partial charge in [0.15, 0.2) is 0 Å². The number of nitrogens with zero attached hydrogens (tertiary/aromatic N) is 5. The van der Waals surface area contributed by atoms with Crippen LogP contribution in [-0.2, 0) is 18.7 Å². The quantitative estimate of drug-likeness (QED) is 0.357. The second-order valence-electron chi connectivity index (χ2n) is 5.73. The summed E-state index contributed by atoms with van der Waals surface area (Å²) >= 11 is 7.66. The van der Waals surface area contributed by atoms with E-state index in [-0.39, 0.29) is 0 Å². The van der Waals surface area contributed by atoms with Crippen LogP contribution in [0.15, 0.2) is 49.7 Å². The molecule has 0 unspecified atom stereocenters. The van der Waals surface area contributed by atoms with Crippen molar-refractivity contribution in [3.8, 4) is 0 Å². The Morgan fingerprint density at radius 1 is 1.19 bits per heavy atom. The second kappa shape index (κ2) is 7.53. The highest BCUT2D eigenvalue weighted by molar-refractivity contribution is 7.98. The fourth-order valence-electron chi connectivity index (χ4n) is 2.63. The monoisotopic (exact) mass is 403 g/mol. The third kappa shape index (κ3) is 3.88. The van der Waals surface area contributed by atoms with Gasteiger partial charge in [0, 0.05) is 22.2 Å². The Kier molecular flexibility index (Phi) is 4.95. The fraction of sp³-hybridized carbons (Fsp3) is 0.235. The van der Waals surface area contributed by atoms with Crippen LogP contribution in [0.1, 0.15) is 23.9 Å². The van der Waals surface area contributed by atoms with E-state index >= 15 is 0 Å². The van der Waals surface area contributed by atoms with Crippen molar-refractivity contribution >= 4 is 34.3 Å². The minimum Gasteiger partial charge on any atom is -0.423 e. The molecule has 4 rings (SSSR count). The van der Waals surface area contributed by atoms with Crippen LogP contribution in [0.5, 0.6) is 0 Å². The molecule has 4 aromatic rings. The van der Waals surface area contributed by atoms with Crippen LogP contribution < -0.4 is 5.63 Å². The smallest absolute Gasteiger partial charge is 0.336 e. The number of thioether (sulfide) groups is 1. The molecule has 3 heterocycles. The predicted octanol–water partition coefficient (Wildman–Crippen LogP) is 3.32. The number of aryl methyl sites for hydroxylation is 1. The molecular formula is C17H14ClN5O3S. The molecule has 0 spiro atoms. The Bertz CT molecular complexity index is 1140. The first-order valence-corrected chi connectivity index (χ1v) is 9.51. The number of benzene rings is 1. The molecule has 8 nitrogen and oxygen atoms in total. The summed E-state index contributed by atoms with van der Waals surface area (Å²) in [5, 5.41) is 13.9. The number of rotatable bonds is 6. The molecule has 0 radical (unpaired) electrons. The summed E-state index contributed by atoms with van der Waals surface area (Å²) in [7, 11) is 0. The van der Waals surface area contributed by atoms with Gasteiger partial charge in [0.25, 0.3) is 5.22 Å². The van der Waals surface area contributed by atoms with Gasteiger partial charge in [-0.25, -0.2) is 14.5 Å². The molecule has 1 aromatic carbocycles. The third-order valence-electron chi connectivity index (χ3n) is 3.94. The normalized spacial score (nSPS) is 11.3. The van der Waals surface area contributed by atoms with Gasteiger partial charge < -0.3 is 8.83 Å². The van der Waals surface area contributed by atoms with E-state index in [1.165, 1.54) is 24.2 Å². The fourth-order valence-corrected chi connectivity index (χ4v) is 3.70. The Morgan fingerprint density at radius 2 is 2.07 bits per heavy atom. The first-order chi connectivity index (χ1) is 13.1. The number of hydrogen-bond donors (Lipinski definition) is 0. The van der Waals surface area contributed by atoms with Crippen LogP contribution in [0, 0.1) is 0 Å². The minimum atomic E-state index is -0.403. The van der Waals surface area contributed by atoms with E-state index in [2.05, 4.69) is 20.3 Å². The van der Waals surface area contributed by atoms with Crippen molar-refractivity contribution in [1.29, 1.82) is 0 Å². The topological polar surface area (TPSA) is 99.8 Å². The molecule has 3 aromatic heterocycles. The van der Waals surface area contributed by atoms with Gasteiger partial charge in [-0.1, -0.05) is 30.3 Å². The SMILES string of the molecule is CCc1cc2oc(=O)cc(CSc3nnc(Cn4cncn4)o3)c2cc1Cl. The predicted molar refractivity (Wildman–Crippen MR) is 99.9 cm³/mol. The van der Waals surface area contributed by atoms with Crippen LogP contribution in [-0.4, -0.2) is 25.0 Å². The van der Waals surface area contributed by atoms with Crippen LogP contribution in [0.4, 0.5) is 0 Å². The second-order valence-corrected chi connectivity index (χ2v) is 7.06. The molecule has 0 N–H and O–H groups in total. The van der Waals surface area contributed by atoms with E-state index in [1.54, 1.807) is 11.0 Å². The van der Waals surface area contributed by atoms with Crippen molar-refractivity contribution in [3.63, 3.8) is 0 Å². The Hall–Kier alpha value is -2.65. The average Bonchev–Trinajstić information content (AvgIpc) is 3.32. The highest BCUT2D eigenvalue weighted by atomic mass is 35.5. The maximum Gasteiger partial charge on any atom is 0.336 e. The van der Waals surface area contributed by atoms with Gasteiger partial charge >= 0.3 is 5.63 Å². The van der Waals surface area contributed by atoms with E-state index in [0.717, 1.165) is 22.9 Å². The van der Waals surface area contributed by atoms with Crippen molar-refractivity contribution < 1.29 is 8.83 Å². The molecule has 0 aliphatic carbocycles.